The summed E-state index contributed by atoms with van der Waals surface area (Å²) in [4.78, 5) is 30.1. The van der Waals surface area contributed by atoms with Crippen molar-refractivity contribution in [2.45, 2.75) is 41.5 Å². The summed E-state index contributed by atoms with van der Waals surface area (Å²) in [6.45, 7) is 16.5. The SMILES string of the molecule is C=c1nc2c(n/c1=C(\C)C=C(C)C)c1nc3cc(Cl)c(C)cc3nc1c1nc3cc(C)c(C)cc3nc21. The molecule has 0 saturated heterocycles. The summed E-state index contributed by atoms with van der Waals surface area (Å²) in [7, 11) is 0. The van der Waals surface area contributed by atoms with Gasteiger partial charge in [-0.15, -0.1) is 0 Å². The molecule has 182 valence electrons. The van der Waals surface area contributed by atoms with E-state index in [9.17, 15) is 0 Å². The molecule has 6 aromatic rings. The van der Waals surface area contributed by atoms with Gasteiger partial charge in [0.25, 0.3) is 0 Å². The first-order chi connectivity index (χ1) is 17.6. The first-order valence-corrected chi connectivity index (χ1v) is 12.5. The highest BCUT2D eigenvalue weighted by atomic mass is 35.5. The maximum absolute atomic E-state index is 6.44. The minimum Gasteiger partial charge on any atom is -0.243 e. The van der Waals surface area contributed by atoms with E-state index >= 15 is 0 Å². The smallest absolute Gasteiger partial charge is 0.120 e. The van der Waals surface area contributed by atoms with E-state index in [1.54, 1.807) is 0 Å². The van der Waals surface area contributed by atoms with E-state index in [0.717, 1.165) is 44.2 Å². The quantitative estimate of drug-likeness (QED) is 0.203. The molecule has 6 nitrogen and oxygen atoms in total. The number of hydrogen-bond acceptors (Lipinski definition) is 6. The van der Waals surface area contributed by atoms with Crippen LogP contribution in [0.25, 0.3) is 67.3 Å². The molecular weight excluding hydrogens is 480 g/mol. The van der Waals surface area contributed by atoms with Crippen LogP contribution in [0, 0.1) is 20.8 Å². The first-order valence-electron chi connectivity index (χ1n) is 12.1. The number of allylic oxidation sites excluding steroid dienone is 2. The first kappa shape index (κ1) is 23.4. The maximum atomic E-state index is 6.44. The molecule has 6 rings (SSSR count). The van der Waals surface area contributed by atoms with Crippen LogP contribution in [-0.2, 0) is 0 Å². The monoisotopic (exact) mass is 504 g/mol. The Morgan fingerprint density at radius 3 is 1.51 bits per heavy atom. The van der Waals surface area contributed by atoms with Gasteiger partial charge in [0.15, 0.2) is 0 Å². The van der Waals surface area contributed by atoms with Crippen molar-refractivity contribution in [1.82, 2.24) is 29.9 Å². The zero-order chi connectivity index (χ0) is 26.2. The number of hydrogen-bond donors (Lipinski definition) is 0. The summed E-state index contributed by atoms with van der Waals surface area (Å²) in [5, 5.41) is 1.94. The van der Waals surface area contributed by atoms with Crippen molar-refractivity contribution in [2.24, 2.45) is 0 Å². The summed E-state index contributed by atoms with van der Waals surface area (Å²) in [6, 6.07) is 7.91. The molecule has 0 aliphatic rings. The van der Waals surface area contributed by atoms with Gasteiger partial charge in [0.2, 0.25) is 0 Å². The second-order valence-corrected chi connectivity index (χ2v) is 10.4. The zero-order valence-corrected chi connectivity index (χ0v) is 22.4. The fourth-order valence-electron chi connectivity index (χ4n) is 4.77. The molecule has 0 aliphatic carbocycles. The van der Waals surface area contributed by atoms with Crippen LogP contribution in [0.2, 0.25) is 5.02 Å². The number of fused-ring (bicyclic) bond motifs is 8. The number of rotatable bonds is 1. The lowest BCUT2D eigenvalue weighted by Crippen LogP contribution is -2.32. The molecular formula is C30H25ClN6. The molecule has 0 radical (unpaired) electrons. The van der Waals surface area contributed by atoms with Crippen LogP contribution in [0.5, 0.6) is 0 Å². The summed E-state index contributed by atoms with van der Waals surface area (Å²) in [5.41, 5.74) is 12.2. The lowest BCUT2D eigenvalue weighted by Gasteiger charge is -2.11. The van der Waals surface area contributed by atoms with Crippen LogP contribution >= 0.6 is 11.6 Å². The van der Waals surface area contributed by atoms with Crippen molar-refractivity contribution in [3.63, 3.8) is 0 Å². The largest absolute Gasteiger partial charge is 0.243 e. The molecule has 3 heterocycles. The van der Waals surface area contributed by atoms with Gasteiger partial charge in [-0.05, 0) is 88.1 Å². The summed E-state index contributed by atoms with van der Waals surface area (Å²) in [6.07, 6.45) is 2.08. The van der Waals surface area contributed by atoms with Crippen LogP contribution in [0.4, 0.5) is 0 Å². The molecule has 37 heavy (non-hydrogen) atoms. The van der Waals surface area contributed by atoms with Crippen molar-refractivity contribution in [1.29, 1.82) is 0 Å². The van der Waals surface area contributed by atoms with Crippen molar-refractivity contribution in [3.05, 3.63) is 68.3 Å². The fourth-order valence-corrected chi connectivity index (χ4v) is 4.93. The Bertz CT molecular complexity index is 2130. The van der Waals surface area contributed by atoms with Crippen molar-refractivity contribution < 1.29 is 0 Å². The molecule has 0 N–H and O–H groups in total. The summed E-state index contributed by atoms with van der Waals surface area (Å²) < 4.78 is 0. The number of benzene rings is 3. The average molecular weight is 505 g/mol. The Labute approximate surface area is 218 Å². The third-order valence-corrected chi connectivity index (χ3v) is 7.15. The minimum atomic E-state index is 0.581. The lowest BCUT2D eigenvalue weighted by atomic mass is 10.1. The third-order valence-electron chi connectivity index (χ3n) is 6.74. The van der Waals surface area contributed by atoms with E-state index < -0.39 is 0 Å². The van der Waals surface area contributed by atoms with Gasteiger partial charge in [-0.3, -0.25) is 0 Å². The predicted octanol–water partition coefficient (Wildman–Crippen LogP) is 5.95. The van der Waals surface area contributed by atoms with Crippen LogP contribution in [0.15, 0.2) is 35.9 Å². The molecule has 3 aromatic heterocycles. The molecule has 0 amide bonds. The highest BCUT2D eigenvalue weighted by Crippen LogP contribution is 2.32. The van der Waals surface area contributed by atoms with Gasteiger partial charge in [0.1, 0.15) is 33.1 Å². The number of aromatic nitrogens is 6. The molecule has 7 heteroatoms. The van der Waals surface area contributed by atoms with Crippen LogP contribution in [-0.4, -0.2) is 29.9 Å². The standard InChI is InChI=1S/C30H25ClN6/c1-13(2)8-17(6)24-18(7)32-25-26-27(34-21-10-15(4)14(3)9-20(21)33-26)28-29(30(25)37-24)36-23-12-19(31)16(5)11-22(23)35-28/h8-12H,7H2,1-6H3/b24-17+. The lowest BCUT2D eigenvalue weighted by molar-refractivity contribution is 1.16. The fraction of sp³-hybridized carbons (Fsp3) is 0.200. The van der Waals surface area contributed by atoms with Crippen molar-refractivity contribution in [3.8, 4) is 0 Å². The Hall–Kier alpha value is -4.03. The number of nitrogens with zero attached hydrogens (tertiary/aromatic N) is 6. The molecule has 0 bridgehead atoms. The molecule has 0 spiro atoms. The van der Waals surface area contributed by atoms with Gasteiger partial charge in [0.05, 0.1) is 32.8 Å². The zero-order valence-electron chi connectivity index (χ0n) is 21.7. The van der Waals surface area contributed by atoms with Crippen molar-refractivity contribution >= 4 is 78.9 Å². The third kappa shape index (κ3) is 3.71. The van der Waals surface area contributed by atoms with E-state index in [1.165, 1.54) is 5.57 Å². The number of halogens is 1. The van der Waals surface area contributed by atoms with E-state index in [0.29, 0.717) is 49.0 Å². The van der Waals surface area contributed by atoms with Gasteiger partial charge in [-0.25, -0.2) is 29.9 Å². The van der Waals surface area contributed by atoms with Gasteiger partial charge in [0, 0.05) is 5.02 Å². The Morgan fingerprint density at radius 2 is 1.03 bits per heavy atom. The Kier molecular flexibility index (Phi) is 5.21. The molecule has 3 aromatic carbocycles. The molecule has 0 atom stereocenters. The van der Waals surface area contributed by atoms with Gasteiger partial charge in [-0.2, -0.15) is 0 Å². The molecule has 0 fully saturated rings. The minimum absolute atomic E-state index is 0.581. The molecule has 0 unspecified atom stereocenters. The highest BCUT2D eigenvalue weighted by molar-refractivity contribution is 6.32. The van der Waals surface area contributed by atoms with Crippen molar-refractivity contribution in [2.75, 3.05) is 0 Å². The normalized spacial score (nSPS) is 12.7. The molecule has 0 aliphatic heterocycles. The Balaban J connectivity index is 1.91. The second kappa shape index (κ2) is 8.25. The summed E-state index contributed by atoms with van der Waals surface area (Å²) >= 11 is 6.44. The van der Waals surface area contributed by atoms with Gasteiger partial charge >= 0.3 is 0 Å². The van der Waals surface area contributed by atoms with E-state index in [4.69, 9.17) is 41.5 Å². The maximum Gasteiger partial charge on any atom is 0.120 e. The van der Waals surface area contributed by atoms with Crippen LogP contribution in [0.3, 0.4) is 0 Å². The number of aryl methyl sites for hydroxylation is 3. The van der Waals surface area contributed by atoms with Crippen LogP contribution in [0.1, 0.15) is 37.5 Å². The Morgan fingerprint density at radius 1 is 0.622 bits per heavy atom. The highest BCUT2D eigenvalue weighted by Gasteiger charge is 2.19. The summed E-state index contributed by atoms with van der Waals surface area (Å²) in [5.74, 6) is 0. The van der Waals surface area contributed by atoms with E-state index in [-0.39, 0.29) is 0 Å². The van der Waals surface area contributed by atoms with E-state index in [2.05, 4.69) is 52.5 Å². The van der Waals surface area contributed by atoms with E-state index in [1.807, 2.05) is 26.0 Å². The van der Waals surface area contributed by atoms with Crippen LogP contribution < -0.4 is 10.7 Å². The van der Waals surface area contributed by atoms with Gasteiger partial charge < -0.3 is 0 Å². The van der Waals surface area contributed by atoms with Gasteiger partial charge in [-0.1, -0.05) is 29.8 Å². The topological polar surface area (TPSA) is 77.3 Å². The average Bonchev–Trinajstić information content (AvgIpc) is 2.83. The second-order valence-electron chi connectivity index (χ2n) is 9.98. The molecule has 0 saturated carbocycles. The predicted molar refractivity (Wildman–Crippen MR) is 153 cm³/mol.